The van der Waals surface area contributed by atoms with Crippen molar-refractivity contribution in [2.75, 3.05) is 13.2 Å². The van der Waals surface area contributed by atoms with Crippen molar-refractivity contribution in [2.24, 2.45) is 0 Å². The van der Waals surface area contributed by atoms with Crippen molar-refractivity contribution >= 4 is 0 Å². The monoisotopic (exact) mass is 197 g/mol. The Kier molecular flexibility index (Phi) is 4.62. The van der Waals surface area contributed by atoms with Crippen molar-refractivity contribution in [2.45, 2.75) is 32.9 Å². The topological polar surface area (TPSA) is 50.1 Å². The van der Waals surface area contributed by atoms with Gasteiger partial charge >= 0.3 is 0 Å². The molecule has 2 N–H and O–H groups in total. The predicted octanol–water partition coefficient (Wildman–Crippen LogP) is 0.936. The first-order chi connectivity index (χ1) is 6.81. The molecule has 0 aromatic carbocycles. The highest BCUT2D eigenvalue weighted by atomic mass is 16.3. The van der Waals surface area contributed by atoms with Crippen LogP contribution in [-0.4, -0.2) is 28.0 Å². The summed E-state index contributed by atoms with van der Waals surface area (Å²) >= 11 is 0. The van der Waals surface area contributed by atoms with E-state index in [1.807, 2.05) is 17.1 Å². The molecule has 4 heteroatoms. The second-order valence-corrected chi connectivity index (χ2v) is 3.25. The third kappa shape index (κ3) is 2.82. The molecule has 1 atom stereocenters. The van der Waals surface area contributed by atoms with Crippen LogP contribution >= 0.6 is 0 Å². The molecule has 0 saturated carbocycles. The van der Waals surface area contributed by atoms with E-state index in [0.717, 1.165) is 25.1 Å². The van der Waals surface area contributed by atoms with Crippen LogP contribution in [0, 0.1) is 0 Å². The molecule has 0 saturated heterocycles. The van der Waals surface area contributed by atoms with Gasteiger partial charge in [-0.25, -0.2) is 0 Å². The second-order valence-electron chi connectivity index (χ2n) is 3.25. The zero-order chi connectivity index (χ0) is 10.4. The van der Waals surface area contributed by atoms with E-state index in [1.54, 1.807) is 0 Å². The fraction of sp³-hybridized carbons (Fsp3) is 0.700. The van der Waals surface area contributed by atoms with E-state index in [-0.39, 0.29) is 12.6 Å². The van der Waals surface area contributed by atoms with Gasteiger partial charge in [0.05, 0.1) is 6.20 Å². The Morgan fingerprint density at radius 2 is 2.36 bits per heavy atom. The van der Waals surface area contributed by atoms with Gasteiger partial charge in [-0.05, 0) is 19.9 Å². The van der Waals surface area contributed by atoms with Gasteiger partial charge in [-0.3, -0.25) is 4.68 Å². The number of rotatable bonds is 6. The summed E-state index contributed by atoms with van der Waals surface area (Å²) in [6, 6.07) is 0.227. The number of aromatic nitrogens is 2. The first kappa shape index (κ1) is 11.2. The molecule has 4 nitrogen and oxygen atoms in total. The van der Waals surface area contributed by atoms with Gasteiger partial charge in [-0.15, -0.1) is 0 Å². The fourth-order valence-corrected chi connectivity index (χ4v) is 1.49. The van der Waals surface area contributed by atoms with Gasteiger partial charge in [0.2, 0.25) is 0 Å². The highest BCUT2D eigenvalue weighted by Gasteiger charge is 2.10. The maximum Gasteiger partial charge on any atom is 0.0537 e. The molecule has 0 aliphatic heterocycles. The molecule has 1 rings (SSSR count). The molecule has 0 spiro atoms. The van der Waals surface area contributed by atoms with Crippen molar-refractivity contribution in [3.8, 4) is 0 Å². The maximum atomic E-state index is 8.92. The van der Waals surface area contributed by atoms with E-state index >= 15 is 0 Å². The molecule has 80 valence electrons. The number of nitrogens with zero attached hydrogens (tertiary/aromatic N) is 2. The van der Waals surface area contributed by atoms with Crippen molar-refractivity contribution in [3.63, 3.8) is 0 Å². The Bertz CT molecular complexity index is 254. The minimum atomic E-state index is 0.203. The quantitative estimate of drug-likeness (QED) is 0.713. The zero-order valence-electron chi connectivity index (χ0n) is 8.90. The Labute approximate surface area is 84.9 Å². The van der Waals surface area contributed by atoms with Crippen LogP contribution in [0.15, 0.2) is 12.4 Å². The summed E-state index contributed by atoms with van der Waals surface area (Å²) < 4.78 is 1.90. The molecule has 0 fully saturated rings. The number of aryl methyl sites for hydroxylation is 1. The second kappa shape index (κ2) is 5.78. The lowest BCUT2D eigenvalue weighted by Crippen LogP contribution is -2.21. The maximum absolute atomic E-state index is 8.92. The van der Waals surface area contributed by atoms with Gasteiger partial charge in [0.1, 0.15) is 0 Å². The Hall–Kier alpha value is -0.870. The van der Waals surface area contributed by atoms with Crippen LogP contribution in [0.4, 0.5) is 0 Å². The van der Waals surface area contributed by atoms with E-state index < -0.39 is 0 Å². The van der Waals surface area contributed by atoms with Crippen molar-refractivity contribution in [3.05, 3.63) is 18.0 Å². The summed E-state index contributed by atoms with van der Waals surface area (Å²) in [5.74, 6) is 0. The Balaban J connectivity index is 2.65. The summed E-state index contributed by atoms with van der Waals surface area (Å²) in [5.41, 5.74) is 1.16. The third-order valence-corrected chi connectivity index (χ3v) is 2.25. The van der Waals surface area contributed by atoms with Gasteiger partial charge in [0, 0.05) is 31.0 Å². The molecule has 1 unspecified atom stereocenters. The summed E-state index contributed by atoms with van der Waals surface area (Å²) in [6.07, 6.45) is 4.64. The molecule has 1 aromatic rings. The average Bonchev–Trinajstić information content (AvgIpc) is 2.65. The lowest BCUT2D eigenvalue weighted by molar-refractivity contribution is 0.266. The van der Waals surface area contributed by atoms with Gasteiger partial charge in [-0.2, -0.15) is 5.10 Å². The zero-order valence-corrected chi connectivity index (χ0v) is 8.90. The SMILES string of the molecule is CCNC(CCO)c1cnn(CC)c1. The van der Waals surface area contributed by atoms with Gasteiger partial charge in [0.25, 0.3) is 0 Å². The molecule has 1 aromatic heterocycles. The standard InChI is InChI=1S/C10H19N3O/c1-3-11-10(5-6-14)9-7-12-13(4-2)8-9/h7-8,10-11,14H,3-6H2,1-2H3. The van der Waals surface area contributed by atoms with E-state index in [9.17, 15) is 0 Å². The molecule has 1 heterocycles. The van der Waals surface area contributed by atoms with Crippen LogP contribution in [0.5, 0.6) is 0 Å². The summed E-state index contributed by atoms with van der Waals surface area (Å²) in [4.78, 5) is 0. The van der Waals surface area contributed by atoms with Crippen LogP contribution in [0.2, 0.25) is 0 Å². The minimum absolute atomic E-state index is 0.203. The molecule has 0 aliphatic rings. The lowest BCUT2D eigenvalue weighted by Gasteiger charge is -2.14. The van der Waals surface area contributed by atoms with Crippen LogP contribution in [-0.2, 0) is 6.54 Å². The van der Waals surface area contributed by atoms with E-state index in [1.165, 1.54) is 0 Å². The van der Waals surface area contributed by atoms with Gasteiger partial charge in [0.15, 0.2) is 0 Å². The summed E-state index contributed by atoms with van der Waals surface area (Å²) in [6.45, 7) is 6.12. The fourth-order valence-electron chi connectivity index (χ4n) is 1.49. The van der Waals surface area contributed by atoms with E-state index in [0.29, 0.717) is 0 Å². The lowest BCUT2D eigenvalue weighted by atomic mass is 10.1. The molecular weight excluding hydrogens is 178 g/mol. The largest absolute Gasteiger partial charge is 0.396 e. The Morgan fingerprint density at radius 3 is 2.86 bits per heavy atom. The van der Waals surface area contributed by atoms with Crippen LogP contribution in [0.25, 0.3) is 0 Å². The number of hydrogen-bond donors (Lipinski definition) is 2. The van der Waals surface area contributed by atoms with Gasteiger partial charge < -0.3 is 10.4 Å². The smallest absolute Gasteiger partial charge is 0.0537 e. The molecule has 0 aliphatic carbocycles. The number of aliphatic hydroxyl groups is 1. The summed E-state index contributed by atoms with van der Waals surface area (Å²) in [5, 5.41) is 16.5. The first-order valence-electron chi connectivity index (χ1n) is 5.18. The first-order valence-corrected chi connectivity index (χ1v) is 5.18. The highest BCUT2D eigenvalue weighted by Crippen LogP contribution is 2.15. The van der Waals surface area contributed by atoms with Gasteiger partial charge in [-0.1, -0.05) is 6.92 Å². The summed E-state index contributed by atoms with van der Waals surface area (Å²) in [7, 11) is 0. The molecular formula is C10H19N3O. The van der Waals surface area contributed by atoms with E-state index in [4.69, 9.17) is 5.11 Å². The molecule has 14 heavy (non-hydrogen) atoms. The van der Waals surface area contributed by atoms with Crippen molar-refractivity contribution in [1.29, 1.82) is 0 Å². The van der Waals surface area contributed by atoms with Crippen LogP contribution in [0.1, 0.15) is 31.9 Å². The van der Waals surface area contributed by atoms with Crippen LogP contribution in [0.3, 0.4) is 0 Å². The van der Waals surface area contributed by atoms with Crippen LogP contribution < -0.4 is 5.32 Å². The normalized spacial score (nSPS) is 13.1. The van der Waals surface area contributed by atoms with Crippen molar-refractivity contribution < 1.29 is 5.11 Å². The minimum Gasteiger partial charge on any atom is -0.396 e. The highest BCUT2D eigenvalue weighted by molar-refractivity contribution is 5.10. The number of aliphatic hydroxyl groups excluding tert-OH is 1. The third-order valence-electron chi connectivity index (χ3n) is 2.25. The van der Waals surface area contributed by atoms with Crippen molar-refractivity contribution in [1.82, 2.24) is 15.1 Å². The molecule has 0 bridgehead atoms. The molecule has 0 amide bonds. The predicted molar refractivity (Wildman–Crippen MR) is 56.0 cm³/mol. The number of hydrogen-bond acceptors (Lipinski definition) is 3. The van der Waals surface area contributed by atoms with E-state index in [2.05, 4.69) is 24.3 Å². The molecule has 0 radical (unpaired) electrons. The average molecular weight is 197 g/mol. The Morgan fingerprint density at radius 1 is 1.57 bits per heavy atom. The number of nitrogens with one attached hydrogen (secondary N) is 1.